The molecule has 0 spiro atoms. The van der Waals surface area contributed by atoms with Gasteiger partial charge in [0.15, 0.2) is 11.5 Å². The van der Waals surface area contributed by atoms with Crippen molar-refractivity contribution >= 4 is 5.91 Å². The lowest BCUT2D eigenvalue weighted by Crippen LogP contribution is -2.49. The quantitative estimate of drug-likeness (QED) is 0.768. The number of nitrogens with zero attached hydrogens (tertiary/aromatic N) is 2. The van der Waals surface area contributed by atoms with Crippen LogP contribution in [-0.4, -0.2) is 48.2 Å². The number of rotatable bonds is 6. The summed E-state index contributed by atoms with van der Waals surface area (Å²) in [6.07, 6.45) is 7.87. The second-order valence-corrected chi connectivity index (χ2v) is 7.45. The lowest BCUT2D eigenvalue weighted by molar-refractivity contribution is -0.136. The maximum absolute atomic E-state index is 13.1. The van der Waals surface area contributed by atoms with E-state index in [1.165, 1.54) is 0 Å². The van der Waals surface area contributed by atoms with E-state index in [2.05, 4.69) is 9.88 Å². The van der Waals surface area contributed by atoms with Crippen LogP contribution in [0.2, 0.25) is 0 Å². The van der Waals surface area contributed by atoms with Crippen LogP contribution in [0, 0.1) is 0 Å². The molecule has 28 heavy (non-hydrogen) atoms. The lowest BCUT2D eigenvalue weighted by atomic mass is 9.98. The summed E-state index contributed by atoms with van der Waals surface area (Å²) >= 11 is 0. The Morgan fingerprint density at radius 3 is 2.50 bits per heavy atom. The first-order chi connectivity index (χ1) is 13.7. The minimum Gasteiger partial charge on any atom is -0.493 e. The molecule has 148 valence electrons. The molecule has 0 N–H and O–H groups in total. The van der Waals surface area contributed by atoms with Crippen LogP contribution in [0.4, 0.5) is 0 Å². The van der Waals surface area contributed by atoms with Crippen molar-refractivity contribution < 1.29 is 19.0 Å². The number of hydrogen-bond acceptors (Lipinski definition) is 5. The van der Waals surface area contributed by atoms with Crippen LogP contribution in [0.1, 0.15) is 31.2 Å². The van der Waals surface area contributed by atoms with Gasteiger partial charge in [0.25, 0.3) is 0 Å². The third-order valence-corrected chi connectivity index (χ3v) is 5.72. The van der Waals surface area contributed by atoms with Crippen LogP contribution in [0.25, 0.3) is 0 Å². The molecule has 2 saturated heterocycles. The fourth-order valence-corrected chi connectivity index (χ4v) is 4.50. The predicted octanol–water partition coefficient (Wildman–Crippen LogP) is 3.24. The zero-order chi connectivity index (χ0) is 19.5. The van der Waals surface area contributed by atoms with Gasteiger partial charge in [-0.05, 0) is 42.7 Å². The summed E-state index contributed by atoms with van der Waals surface area (Å²) in [6.45, 7) is 0. The van der Waals surface area contributed by atoms with E-state index in [-0.39, 0.29) is 24.1 Å². The molecular weight excluding hydrogens is 356 g/mol. The predicted molar refractivity (Wildman–Crippen MR) is 105 cm³/mol. The summed E-state index contributed by atoms with van der Waals surface area (Å²) in [5, 5.41) is 0. The molecule has 1 aromatic heterocycles. The van der Waals surface area contributed by atoms with Gasteiger partial charge >= 0.3 is 0 Å². The van der Waals surface area contributed by atoms with Crippen molar-refractivity contribution in [1.29, 1.82) is 0 Å². The van der Waals surface area contributed by atoms with Crippen molar-refractivity contribution in [3.05, 3.63) is 48.3 Å². The normalized spacial score (nSPS) is 23.4. The lowest BCUT2D eigenvalue weighted by Gasteiger charge is -2.39. The molecule has 2 aliphatic heterocycles. The molecule has 3 heterocycles. The average molecular weight is 382 g/mol. The molecule has 0 radical (unpaired) electrons. The summed E-state index contributed by atoms with van der Waals surface area (Å²) in [7, 11) is 3.22. The summed E-state index contributed by atoms with van der Waals surface area (Å²) < 4.78 is 16.7. The number of methoxy groups -OCH3 is 2. The van der Waals surface area contributed by atoms with E-state index in [1.54, 1.807) is 26.6 Å². The van der Waals surface area contributed by atoms with Crippen molar-refractivity contribution in [2.75, 3.05) is 14.2 Å². The van der Waals surface area contributed by atoms with Gasteiger partial charge in [0.05, 0.1) is 26.8 Å². The Morgan fingerprint density at radius 2 is 1.86 bits per heavy atom. The zero-order valence-electron chi connectivity index (χ0n) is 16.3. The molecule has 4 rings (SSSR count). The van der Waals surface area contributed by atoms with Crippen molar-refractivity contribution in [3.63, 3.8) is 0 Å². The molecule has 2 unspecified atom stereocenters. The van der Waals surface area contributed by atoms with Crippen LogP contribution in [-0.2, 0) is 11.2 Å². The van der Waals surface area contributed by atoms with Gasteiger partial charge in [-0.2, -0.15) is 0 Å². The highest BCUT2D eigenvalue weighted by atomic mass is 16.5. The van der Waals surface area contributed by atoms with E-state index in [9.17, 15) is 4.79 Å². The number of fused-ring (bicyclic) bond motifs is 2. The van der Waals surface area contributed by atoms with E-state index in [0.717, 1.165) is 37.0 Å². The fraction of sp³-hybridized carbons (Fsp3) is 0.455. The van der Waals surface area contributed by atoms with Crippen molar-refractivity contribution in [3.8, 4) is 17.2 Å². The second kappa shape index (κ2) is 8.09. The number of carbonyl (C=O) groups excluding carboxylic acids is 1. The van der Waals surface area contributed by atoms with Crippen molar-refractivity contribution in [1.82, 2.24) is 9.88 Å². The Morgan fingerprint density at radius 1 is 1.11 bits per heavy atom. The SMILES string of the molecule is COc1ccc(CC(=O)N2C3CCC2CC(Oc2cccnc2)C3)cc1OC. The molecular formula is C22H26N2O4. The standard InChI is InChI=1S/C22H26N2O4/c1-26-20-8-5-15(10-21(20)27-2)11-22(25)24-16-6-7-17(24)13-19(12-16)28-18-4-3-9-23-14-18/h3-5,8-10,14,16-17,19H,6-7,11-13H2,1-2H3. The average Bonchev–Trinajstić information content (AvgIpc) is 2.99. The molecule has 1 aromatic carbocycles. The van der Waals surface area contributed by atoms with Gasteiger partial charge in [-0.25, -0.2) is 0 Å². The number of pyridine rings is 1. The van der Waals surface area contributed by atoms with Gasteiger partial charge in [-0.3, -0.25) is 9.78 Å². The molecule has 2 bridgehead atoms. The Bertz CT molecular complexity index is 813. The molecule has 2 aromatic rings. The molecule has 6 heteroatoms. The smallest absolute Gasteiger partial charge is 0.227 e. The summed E-state index contributed by atoms with van der Waals surface area (Å²) in [4.78, 5) is 19.3. The van der Waals surface area contributed by atoms with E-state index < -0.39 is 0 Å². The Balaban J connectivity index is 1.41. The maximum Gasteiger partial charge on any atom is 0.227 e. The van der Waals surface area contributed by atoms with Crippen molar-refractivity contribution in [2.24, 2.45) is 0 Å². The van der Waals surface area contributed by atoms with E-state index >= 15 is 0 Å². The van der Waals surface area contributed by atoms with Crippen LogP contribution in [0.15, 0.2) is 42.7 Å². The highest BCUT2D eigenvalue weighted by Crippen LogP contribution is 2.38. The summed E-state index contributed by atoms with van der Waals surface area (Å²) in [6, 6.07) is 10.00. The number of aromatic nitrogens is 1. The number of carbonyl (C=O) groups is 1. The molecule has 6 nitrogen and oxygen atoms in total. The molecule has 2 fully saturated rings. The van der Waals surface area contributed by atoms with Gasteiger partial charge in [0.2, 0.25) is 5.91 Å². The van der Waals surface area contributed by atoms with Gasteiger partial charge in [0, 0.05) is 31.1 Å². The maximum atomic E-state index is 13.1. The van der Waals surface area contributed by atoms with E-state index in [1.807, 2.05) is 30.3 Å². The first-order valence-electron chi connectivity index (χ1n) is 9.76. The topological polar surface area (TPSA) is 60.9 Å². The largest absolute Gasteiger partial charge is 0.493 e. The highest BCUT2D eigenvalue weighted by Gasteiger charge is 2.43. The highest BCUT2D eigenvalue weighted by molar-refractivity contribution is 5.80. The number of benzene rings is 1. The zero-order valence-corrected chi connectivity index (χ0v) is 16.3. The second-order valence-electron chi connectivity index (χ2n) is 7.45. The third-order valence-electron chi connectivity index (χ3n) is 5.72. The molecule has 0 saturated carbocycles. The van der Waals surface area contributed by atoms with Crippen LogP contribution >= 0.6 is 0 Å². The third kappa shape index (κ3) is 3.77. The molecule has 2 atom stereocenters. The minimum atomic E-state index is 0.145. The van der Waals surface area contributed by atoms with Gasteiger partial charge < -0.3 is 19.1 Å². The van der Waals surface area contributed by atoms with Crippen molar-refractivity contribution in [2.45, 2.75) is 50.3 Å². The summed E-state index contributed by atoms with van der Waals surface area (Å²) in [5.74, 6) is 2.31. The van der Waals surface area contributed by atoms with E-state index in [0.29, 0.717) is 17.9 Å². The first-order valence-corrected chi connectivity index (χ1v) is 9.76. The number of hydrogen-bond donors (Lipinski definition) is 0. The fourth-order valence-electron chi connectivity index (χ4n) is 4.50. The van der Waals surface area contributed by atoms with Gasteiger partial charge in [0.1, 0.15) is 11.9 Å². The number of piperidine rings is 1. The van der Waals surface area contributed by atoms with Crippen LogP contribution in [0.3, 0.4) is 0 Å². The molecule has 0 aliphatic carbocycles. The van der Waals surface area contributed by atoms with Crippen LogP contribution < -0.4 is 14.2 Å². The Hall–Kier alpha value is -2.76. The van der Waals surface area contributed by atoms with E-state index in [4.69, 9.17) is 14.2 Å². The van der Waals surface area contributed by atoms with Gasteiger partial charge in [-0.1, -0.05) is 6.07 Å². The summed E-state index contributed by atoms with van der Waals surface area (Å²) in [5.41, 5.74) is 0.941. The monoisotopic (exact) mass is 382 g/mol. The molecule has 1 amide bonds. The number of amides is 1. The number of ether oxygens (including phenoxy) is 3. The Labute approximate surface area is 165 Å². The van der Waals surface area contributed by atoms with Gasteiger partial charge in [-0.15, -0.1) is 0 Å². The molecule has 2 aliphatic rings. The first kappa shape index (κ1) is 18.6. The minimum absolute atomic E-state index is 0.145. The van der Waals surface area contributed by atoms with Crippen LogP contribution in [0.5, 0.6) is 17.2 Å². The Kier molecular flexibility index (Phi) is 5.37.